The molecule has 0 saturated heterocycles. The molecule has 0 saturated carbocycles. The van der Waals surface area contributed by atoms with E-state index in [9.17, 15) is 19.8 Å². The summed E-state index contributed by atoms with van der Waals surface area (Å²) in [7, 11) is 0. The quantitative estimate of drug-likeness (QED) is 0.0301. The fourth-order valence-electron chi connectivity index (χ4n) is 5.40. The molecule has 0 aromatic rings. The van der Waals surface area contributed by atoms with Crippen LogP contribution in [0.1, 0.15) is 181 Å². The maximum absolute atomic E-state index is 12.2. The van der Waals surface area contributed by atoms with E-state index in [1.807, 2.05) is 30.4 Å². The van der Waals surface area contributed by atoms with Gasteiger partial charge in [0.15, 0.2) is 6.10 Å². The summed E-state index contributed by atoms with van der Waals surface area (Å²) in [4.78, 5) is 24.2. The molecule has 6 nitrogen and oxygen atoms in total. The molecule has 0 aromatic carbocycles. The lowest BCUT2D eigenvalue weighted by atomic mass is 10.0. The highest BCUT2D eigenvalue weighted by molar-refractivity contribution is 5.70. The van der Waals surface area contributed by atoms with Crippen LogP contribution in [0.4, 0.5) is 0 Å². The summed E-state index contributed by atoms with van der Waals surface area (Å²) in [5, 5.41) is 19.5. The molecule has 2 atom stereocenters. The van der Waals surface area contributed by atoms with Crippen molar-refractivity contribution in [1.82, 2.24) is 0 Å². The molecule has 0 spiro atoms. The van der Waals surface area contributed by atoms with Gasteiger partial charge in [-0.05, 0) is 44.9 Å². The van der Waals surface area contributed by atoms with Crippen molar-refractivity contribution in [3.63, 3.8) is 0 Å². The molecule has 2 N–H and O–H groups in total. The Kier molecular flexibility index (Phi) is 35.9. The topological polar surface area (TPSA) is 93.1 Å². The van der Waals surface area contributed by atoms with Gasteiger partial charge in [0, 0.05) is 12.8 Å². The van der Waals surface area contributed by atoms with Crippen LogP contribution in [-0.2, 0) is 19.1 Å². The minimum absolute atomic E-state index is 0.113. The third kappa shape index (κ3) is 35.1. The Labute approximate surface area is 295 Å². The van der Waals surface area contributed by atoms with E-state index in [0.717, 1.165) is 38.5 Å². The van der Waals surface area contributed by atoms with Crippen molar-refractivity contribution in [2.24, 2.45) is 0 Å². The third-order valence-electron chi connectivity index (χ3n) is 8.46. The Morgan fingerprint density at radius 1 is 0.583 bits per heavy atom. The summed E-state index contributed by atoms with van der Waals surface area (Å²) in [5.74, 6) is -0.693. The van der Waals surface area contributed by atoms with Crippen LogP contribution in [-0.4, -0.2) is 47.6 Å². The summed E-state index contributed by atoms with van der Waals surface area (Å²) >= 11 is 0. The Morgan fingerprint density at radius 3 is 1.71 bits per heavy atom. The van der Waals surface area contributed by atoms with Gasteiger partial charge in [-0.15, -0.1) is 0 Å². The first-order valence-electron chi connectivity index (χ1n) is 19.8. The molecule has 0 amide bonds. The van der Waals surface area contributed by atoms with Gasteiger partial charge < -0.3 is 19.7 Å². The second kappa shape index (κ2) is 37.6. The summed E-state index contributed by atoms with van der Waals surface area (Å²) in [6, 6.07) is 0. The highest BCUT2D eigenvalue weighted by Crippen LogP contribution is 2.14. The van der Waals surface area contributed by atoms with E-state index in [2.05, 4.69) is 26.0 Å². The molecule has 6 heteroatoms. The van der Waals surface area contributed by atoms with Crippen LogP contribution in [0.5, 0.6) is 0 Å². The second-order valence-electron chi connectivity index (χ2n) is 13.2. The fourth-order valence-corrected chi connectivity index (χ4v) is 5.40. The van der Waals surface area contributed by atoms with Crippen LogP contribution in [0.2, 0.25) is 0 Å². The molecule has 0 fully saturated rings. The molecule has 278 valence electrons. The van der Waals surface area contributed by atoms with Crippen LogP contribution < -0.4 is 0 Å². The molecule has 48 heavy (non-hydrogen) atoms. The normalized spacial score (nSPS) is 13.3. The predicted molar refractivity (Wildman–Crippen MR) is 202 cm³/mol. The molecule has 0 rings (SSSR count). The maximum atomic E-state index is 12.2. The SMILES string of the molecule is CCCCC/C=C\C[C@@H](O)/C=C/C=C\C/C=C\CCCC(=O)OC[C@H](CO)OC(=O)CCCCCCCCCCCCCCCCCC. The number of aliphatic hydroxyl groups excluding tert-OH is 2. The lowest BCUT2D eigenvalue weighted by Gasteiger charge is -2.15. The maximum Gasteiger partial charge on any atom is 0.306 e. The van der Waals surface area contributed by atoms with Gasteiger partial charge in [0.2, 0.25) is 0 Å². The van der Waals surface area contributed by atoms with Gasteiger partial charge in [0.05, 0.1) is 12.7 Å². The smallest absolute Gasteiger partial charge is 0.306 e. The minimum atomic E-state index is -0.809. The first kappa shape index (κ1) is 45.8. The molecule has 0 aliphatic heterocycles. The van der Waals surface area contributed by atoms with Gasteiger partial charge in [-0.2, -0.15) is 0 Å². The van der Waals surface area contributed by atoms with Crippen molar-refractivity contribution in [3.05, 3.63) is 48.6 Å². The predicted octanol–water partition coefficient (Wildman–Crippen LogP) is 11.2. The highest BCUT2D eigenvalue weighted by atomic mass is 16.6. The molecular weight excluding hydrogens is 600 g/mol. The fraction of sp³-hybridized carbons (Fsp3) is 0.762. The molecule has 0 bridgehead atoms. The van der Waals surface area contributed by atoms with Crippen molar-refractivity contribution in [1.29, 1.82) is 0 Å². The Balaban J connectivity index is 3.71. The van der Waals surface area contributed by atoms with E-state index >= 15 is 0 Å². The number of hydrogen-bond acceptors (Lipinski definition) is 6. The van der Waals surface area contributed by atoms with Crippen LogP contribution >= 0.6 is 0 Å². The Morgan fingerprint density at radius 2 is 1.10 bits per heavy atom. The summed E-state index contributed by atoms with van der Waals surface area (Å²) in [5.41, 5.74) is 0. The number of esters is 2. The van der Waals surface area contributed by atoms with Crippen molar-refractivity contribution in [2.45, 2.75) is 193 Å². The lowest BCUT2D eigenvalue weighted by molar-refractivity contribution is -0.161. The van der Waals surface area contributed by atoms with Gasteiger partial charge in [-0.3, -0.25) is 9.59 Å². The monoisotopic (exact) mass is 675 g/mol. The Bertz CT molecular complexity index is 830. The second-order valence-corrected chi connectivity index (χ2v) is 13.2. The summed E-state index contributed by atoms with van der Waals surface area (Å²) < 4.78 is 10.5. The summed E-state index contributed by atoms with van der Waals surface area (Å²) in [6.07, 6.45) is 43.4. The first-order chi connectivity index (χ1) is 23.5. The van der Waals surface area contributed by atoms with Gasteiger partial charge in [0.1, 0.15) is 6.61 Å². The number of carbonyl (C=O) groups excluding carboxylic acids is 2. The number of ether oxygens (including phenoxy) is 2. The number of allylic oxidation sites excluding steroid dienone is 6. The van der Waals surface area contributed by atoms with Crippen LogP contribution in [0.3, 0.4) is 0 Å². The molecule has 0 radical (unpaired) electrons. The van der Waals surface area contributed by atoms with Gasteiger partial charge in [-0.1, -0.05) is 172 Å². The van der Waals surface area contributed by atoms with Crippen LogP contribution in [0.25, 0.3) is 0 Å². The molecule has 0 aliphatic carbocycles. The number of hydrogen-bond donors (Lipinski definition) is 2. The van der Waals surface area contributed by atoms with Crippen LogP contribution in [0.15, 0.2) is 48.6 Å². The van der Waals surface area contributed by atoms with Crippen LogP contribution in [0, 0.1) is 0 Å². The summed E-state index contributed by atoms with van der Waals surface area (Å²) in [6.45, 7) is 3.99. The molecule has 0 heterocycles. The zero-order valence-corrected chi connectivity index (χ0v) is 31.1. The lowest BCUT2D eigenvalue weighted by Crippen LogP contribution is -2.28. The van der Waals surface area contributed by atoms with Crippen molar-refractivity contribution in [3.8, 4) is 0 Å². The van der Waals surface area contributed by atoms with Gasteiger partial charge in [0.25, 0.3) is 0 Å². The molecule has 0 aliphatic rings. The van der Waals surface area contributed by atoms with E-state index in [4.69, 9.17) is 9.47 Å². The Hall–Kier alpha value is -2.18. The van der Waals surface area contributed by atoms with E-state index in [0.29, 0.717) is 19.3 Å². The van der Waals surface area contributed by atoms with E-state index in [1.54, 1.807) is 6.08 Å². The average molecular weight is 675 g/mol. The van der Waals surface area contributed by atoms with Gasteiger partial charge >= 0.3 is 11.9 Å². The standard InChI is InChI=1S/C42H74O6/c1-3-5-7-9-11-12-13-14-15-16-17-18-19-24-28-32-36-42(46)48-40(37-43)38-47-41(45)35-31-27-23-21-20-22-26-30-34-39(44)33-29-25-10-8-6-4-2/h21-23,25-26,29-30,34,39-40,43-44H,3-20,24,27-28,31-33,35-38H2,1-2H3/b23-21-,26-22-,29-25-,34-30+/t39-,40+/m1/s1. The molecule has 0 unspecified atom stereocenters. The van der Waals surface area contributed by atoms with Gasteiger partial charge in [-0.25, -0.2) is 0 Å². The van der Waals surface area contributed by atoms with Crippen molar-refractivity contribution < 1.29 is 29.3 Å². The number of unbranched alkanes of at least 4 members (excludes halogenated alkanes) is 19. The molecular formula is C42H74O6. The number of rotatable bonds is 35. The third-order valence-corrected chi connectivity index (χ3v) is 8.46. The minimum Gasteiger partial charge on any atom is -0.462 e. The largest absolute Gasteiger partial charge is 0.462 e. The van der Waals surface area contributed by atoms with E-state index < -0.39 is 12.2 Å². The zero-order valence-electron chi connectivity index (χ0n) is 31.1. The van der Waals surface area contributed by atoms with Crippen molar-refractivity contribution in [2.75, 3.05) is 13.2 Å². The van der Waals surface area contributed by atoms with Crippen molar-refractivity contribution >= 4 is 11.9 Å². The number of aliphatic hydroxyl groups is 2. The first-order valence-corrected chi connectivity index (χ1v) is 19.8. The highest BCUT2D eigenvalue weighted by Gasteiger charge is 2.16. The number of carbonyl (C=O) groups is 2. The van der Waals surface area contributed by atoms with E-state index in [-0.39, 0.29) is 31.6 Å². The molecule has 0 aromatic heterocycles. The average Bonchev–Trinajstić information content (AvgIpc) is 3.08. The van der Waals surface area contributed by atoms with E-state index in [1.165, 1.54) is 103 Å². The zero-order chi connectivity index (χ0) is 35.2.